The molecule has 0 rings (SSSR count). The van der Waals surface area contributed by atoms with Crippen molar-refractivity contribution in [3.05, 3.63) is 109 Å². The van der Waals surface area contributed by atoms with Crippen molar-refractivity contribution in [3.8, 4) is 0 Å². The highest BCUT2D eigenvalue weighted by Gasteiger charge is 2.27. The van der Waals surface area contributed by atoms with E-state index in [0.29, 0.717) is 23.9 Å². The number of quaternary nitrogens is 1. The SMILES string of the molecule is CC/C=C\C/C=C\C/C=C\C/C=C\C/C=C\CCCCCCCCCCCC(=O)NC(COP(=O)([O-])OCC[N+](C)(C)C)C(/C=C\CCCCCCCCCCC)OC(=O)CCCCCC/C=C/C/C=C/C/C=C/CC. The van der Waals surface area contributed by atoms with Crippen LogP contribution in [0.3, 0.4) is 0 Å². The third kappa shape index (κ3) is 55.4. The Kier molecular flexibility index (Phi) is 52.6. The molecule has 10 heteroatoms. The molecule has 0 aromatic carbocycles. The van der Waals surface area contributed by atoms with Crippen LogP contribution in [0, 0.1) is 0 Å². The molecule has 76 heavy (non-hydrogen) atoms. The van der Waals surface area contributed by atoms with Crippen molar-refractivity contribution in [1.82, 2.24) is 5.32 Å². The molecule has 0 spiro atoms. The van der Waals surface area contributed by atoms with Gasteiger partial charge < -0.3 is 28.5 Å². The minimum absolute atomic E-state index is 0.0327. The Bertz CT molecular complexity index is 1670. The van der Waals surface area contributed by atoms with E-state index in [1.54, 1.807) is 0 Å². The Morgan fingerprint density at radius 3 is 1.26 bits per heavy atom. The van der Waals surface area contributed by atoms with Gasteiger partial charge in [-0.15, -0.1) is 0 Å². The number of nitrogens with zero attached hydrogens (tertiary/aromatic N) is 1. The molecular weight excluding hydrogens is 964 g/mol. The lowest BCUT2D eigenvalue weighted by atomic mass is 10.0. The Balaban J connectivity index is 5.17. The third-order valence-corrected chi connectivity index (χ3v) is 13.9. The summed E-state index contributed by atoms with van der Waals surface area (Å²) in [6, 6.07) is -0.907. The fourth-order valence-corrected chi connectivity index (χ4v) is 8.99. The molecule has 3 unspecified atom stereocenters. The van der Waals surface area contributed by atoms with Gasteiger partial charge in [-0.1, -0.05) is 233 Å². The molecule has 436 valence electrons. The summed E-state index contributed by atoms with van der Waals surface area (Å²) in [4.78, 5) is 39.9. The van der Waals surface area contributed by atoms with Crippen LogP contribution in [-0.4, -0.2) is 69.4 Å². The maximum atomic E-state index is 13.5. The Labute approximate surface area is 468 Å². The number of nitrogens with one attached hydrogen (secondary N) is 1. The van der Waals surface area contributed by atoms with Gasteiger partial charge >= 0.3 is 5.97 Å². The number of phosphoric acid groups is 1. The molecule has 3 atom stereocenters. The van der Waals surface area contributed by atoms with Crippen LogP contribution in [0.4, 0.5) is 0 Å². The minimum atomic E-state index is -4.71. The van der Waals surface area contributed by atoms with Gasteiger partial charge in [0, 0.05) is 12.8 Å². The van der Waals surface area contributed by atoms with E-state index in [-0.39, 0.29) is 24.9 Å². The fourth-order valence-electron chi connectivity index (χ4n) is 8.27. The van der Waals surface area contributed by atoms with Crippen LogP contribution >= 0.6 is 7.82 Å². The lowest BCUT2D eigenvalue weighted by Gasteiger charge is -2.30. The molecule has 0 aromatic heterocycles. The maximum Gasteiger partial charge on any atom is 0.306 e. The highest BCUT2D eigenvalue weighted by Crippen LogP contribution is 2.38. The van der Waals surface area contributed by atoms with Gasteiger partial charge in [0.05, 0.1) is 33.8 Å². The zero-order chi connectivity index (χ0) is 55.7. The van der Waals surface area contributed by atoms with E-state index in [4.69, 9.17) is 13.8 Å². The smallest absolute Gasteiger partial charge is 0.306 e. The minimum Gasteiger partial charge on any atom is -0.756 e. The molecular formula is C66H115N2O7P. The van der Waals surface area contributed by atoms with Crippen LogP contribution < -0.4 is 10.2 Å². The number of ether oxygens (including phenoxy) is 1. The van der Waals surface area contributed by atoms with Gasteiger partial charge in [-0.05, 0) is 109 Å². The number of rotatable bonds is 54. The summed E-state index contributed by atoms with van der Waals surface area (Å²) in [5, 5.41) is 3.01. The largest absolute Gasteiger partial charge is 0.756 e. The summed E-state index contributed by atoms with van der Waals surface area (Å²) in [6.45, 7) is 6.58. The average Bonchev–Trinajstić information content (AvgIpc) is 3.38. The van der Waals surface area contributed by atoms with Crippen molar-refractivity contribution < 1.29 is 37.3 Å². The van der Waals surface area contributed by atoms with Crippen molar-refractivity contribution in [2.75, 3.05) is 40.9 Å². The summed E-state index contributed by atoms with van der Waals surface area (Å²) in [6.07, 6.45) is 74.9. The first-order chi connectivity index (χ1) is 36.9. The van der Waals surface area contributed by atoms with Crippen molar-refractivity contribution in [2.24, 2.45) is 0 Å². The molecule has 9 nitrogen and oxygen atoms in total. The zero-order valence-corrected chi connectivity index (χ0v) is 50.6. The predicted octanol–water partition coefficient (Wildman–Crippen LogP) is 18.3. The Morgan fingerprint density at radius 2 is 0.842 bits per heavy atom. The number of carbonyl (C=O) groups is 2. The molecule has 0 fully saturated rings. The lowest BCUT2D eigenvalue weighted by Crippen LogP contribution is -2.47. The first-order valence-corrected chi connectivity index (χ1v) is 32.2. The second-order valence-electron chi connectivity index (χ2n) is 21.4. The van der Waals surface area contributed by atoms with E-state index in [9.17, 15) is 19.0 Å². The van der Waals surface area contributed by atoms with E-state index < -0.39 is 26.6 Å². The molecule has 0 heterocycles. The van der Waals surface area contributed by atoms with Crippen molar-refractivity contribution >= 4 is 19.7 Å². The van der Waals surface area contributed by atoms with E-state index in [0.717, 1.165) is 128 Å². The Hall–Kier alpha value is -3.33. The quantitative estimate of drug-likeness (QED) is 0.0212. The topological polar surface area (TPSA) is 114 Å². The van der Waals surface area contributed by atoms with Crippen LogP contribution in [0.5, 0.6) is 0 Å². The Morgan fingerprint density at radius 1 is 0.474 bits per heavy atom. The summed E-state index contributed by atoms with van der Waals surface area (Å²) in [5.41, 5.74) is 0. The van der Waals surface area contributed by atoms with Crippen LogP contribution in [-0.2, 0) is 27.9 Å². The molecule has 0 aliphatic rings. The molecule has 0 aliphatic heterocycles. The zero-order valence-electron chi connectivity index (χ0n) is 49.7. The molecule has 0 saturated carbocycles. The van der Waals surface area contributed by atoms with Crippen molar-refractivity contribution in [1.29, 1.82) is 0 Å². The summed E-state index contributed by atoms with van der Waals surface area (Å²) < 4.78 is 30.2. The van der Waals surface area contributed by atoms with Gasteiger partial charge in [-0.3, -0.25) is 14.2 Å². The third-order valence-electron chi connectivity index (χ3n) is 12.9. The van der Waals surface area contributed by atoms with E-state index in [1.807, 2.05) is 33.3 Å². The highest BCUT2D eigenvalue weighted by molar-refractivity contribution is 7.45. The van der Waals surface area contributed by atoms with Crippen molar-refractivity contribution in [2.45, 2.75) is 258 Å². The van der Waals surface area contributed by atoms with Crippen LogP contribution in [0.2, 0.25) is 0 Å². The number of likely N-dealkylation sites (N-methyl/N-ethyl adjacent to an activating group) is 1. The van der Waals surface area contributed by atoms with E-state index in [2.05, 4.69) is 123 Å². The monoisotopic (exact) mass is 1080 g/mol. The molecule has 0 radical (unpaired) electrons. The van der Waals surface area contributed by atoms with Crippen LogP contribution in [0.15, 0.2) is 109 Å². The maximum absolute atomic E-state index is 13.5. The van der Waals surface area contributed by atoms with Gasteiger partial charge in [-0.25, -0.2) is 0 Å². The number of amides is 1. The first kappa shape index (κ1) is 72.7. The molecule has 1 amide bonds. The highest BCUT2D eigenvalue weighted by atomic mass is 31.2. The number of phosphoric ester groups is 1. The van der Waals surface area contributed by atoms with Gasteiger partial charge in [0.1, 0.15) is 19.3 Å². The number of hydrogen-bond donors (Lipinski definition) is 1. The summed E-state index contributed by atoms with van der Waals surface area (Å²) >= 11 is 0. The second kappa shape index (κ2) is 55.0. The predicted molar refractivity (Wildman–Crippen MR) is 325 cm³/mol. The molecule has 1 N–H and O–H groups in total. The summed E-state index contributed by atoms with van der Waals surface area (Å²) in [5.74, 6) is -0.581. The molecule has 0 bridgehead atoms. The van der Waals surface area contributed by atoms with Crippen LogP contribution in [0.25, 0.3) is 0 Å². The van der Waals surface area contributed by atoms with Crippen LogP contribution in [0.1, 0.15) is 245 Å². The fraction of sp³-hybridized carbons (Fsp3) is 0.697. The summed E-state index contributed by atoms with van der Waals surface area (Å²) in [7, 11) is 1.15. The van der Waals surface area contributed by atoms with E-state index >= 15 is 0 Å². The standard InChI is InChI=1S/C66H115N2O7P/c1-7-10-13-16-19-22-25-27-29-30-31-32-33-34-35-36-37-38-39-40-43-46-49-52-55-58-65(69)67-63(62-74-76(71,72)73-61-60-68(4,5)6)64(57-54-51-48-45-42-24-21-18-15-12-9-3)75-66(70)59-56-53-50-47-44-41-28-26-23-20-17-14-11-8-2/h10-11,13-14,19-20,22-23,27-29,31-32,34-35,41,54,57,63-64H,7-9,12,15-18,21,24-26,30,33,36-40,42-53,55-56,58-62H2,1-6H3,(H-,67,69,71,72)/b13-10-,14-11+,22-19-,23-20+,29-27-,32-31-,35-34-,41-28+,57-54-. The van der Waals surface area contributed by atoms with Gasteiger partial charge in [0.25, 0.3) is 7.82 Å². The first-order valence-electron chi connectivity index (χ1n) is 30.7. The molecule has 0 aliphatic carbocycles. The normalized spacial score (nSPS) is 14.5. The average molecular weight is 1080 g/mol. The molecule has 0 saturated heterocycles. The second-order valence-corrected chi connectivity index (χ2v) is 22.9. The van der Waals surface area contributed by atoms with Gasteiger partial charge in [0.15, 0.2) is 0 Å². The molecule has 0 aromatic rings. The van der Waals surface area contributed by atoms with Gasteiger partial charge in [0.2, 0.25) is 5.91 Å². The van der Waals surface area contributed by atoms with Crippen molar-refractivity contribution in [3.63, 3.8) is 0 Å². The number of esters is 1. The van der Waals surface area contributed by atoms with Gasteiger partial charge in [-0.2, -0.15) is 0 Å². The van der Waals surface area contributed by atoms with E-state index in [1.165, 1.54) is 77.0 Å². The lowest BCUT2D eigenvalue weighted by molar-refractivity contribution is -0.870. The number of unbranched alkanes of at least 4 members (excludes halogenated alkanes) is 22. The number of carbonyl (C=O) groups excluding carboxylic acids is 2. The number of hydrogen-bond acceptors (Lipinski definition) is 7. The number of allylic oxidation sites excluding steroid dienone is 17.